The standard InChI is InChI=1S/C18H15NO5/c20-15-9-16(18(21)19-10-14-7-4-8-22-14)24-12-17(15)23-11-13-5-2-1-3-6-13/h1-9,12H,10-11H2,(H,19,21). The van der Waals surface area contributed by atoms with E-state index in [1.165, 1.54) is 6.26 Å². The molecule has 0 radical (unpaired) electrons. The first-order valence-electron chi connectivity index (χ1n) is 7.32. The predicted molar refractivity (Wildman–Crippen MR) is 85.6 cm³/mol. The van der Waals surface area contributed by atoms with Crippen LogP contribution in [0.3, 0.4) is 0 Å². The van der Waals surface area contributed by atoms with Gasteiger partial charge in [-0.05, 0) is 17.7 Å². The number of carbonyl (C=O) groups is 1. The Bertz CT molecular complexity index is 853. The number of nitrogens with one attached hydrogen (secondary N) is 1. The molecular formula is C18H15NO5. The number of furan rings is 1. The van der Waals surface area contributed by atoms with Gasteiger partial charge in [0.1, 0.15) is 18.6 Å². The molecule has 1 aromatic carbocycles. The van der Waals surface area contributed by atoms with Crippen molar-refractivity contribution in [1.82, 2.24) is 5.32 Å². The average Bonchev–Trinajstić information content (AvgIpc) is 3.13. The topological polar surface area (TPSA) is 81.7 Å². The first kappa shape index (κ1) is 15.6. The molecule has 24 heavy (non-hydrogen) atoms. The number of benzene rings is 1. The highest BCUT2D eigenvalue weighted by Gasteiger charge is 2.12. The Kier molecular flexibility index (Phi) is 4.76. The smallest absolute Gasteiger partial charge is 0.287 e. The van der Waals surface area contributed by atoms with Gasteiger partial charge in [-0.3, -0.25) is 9.59 Å². The lowest BCUT2D eigenvalue weighted by Crippen LogP contribution is -2.23. The van der Waals surface area contributed by atoms with E-state index in [0.717, 1.165) is 17.9 Å². The summed E-state index contributed by atoms with van der Waals surface area (Å²) in [7, 11) is 0. The summed E-state index contributed by atoms with van der Waals surface area (Å²) >= 11 is 0. The quantitative estimate of drug-likeness (QED) is 0.753. The van der Waals surface area contributed by atoms with Crippen molar-refractivity contribution in [3.63, 3.8) is 0 Å². The van der Waals surface area contributed by atoms with Crippen LogP contribution >= 0.6 is 0 Å². The van der Waals surface area contributed by atoms with Gasteiger partial charge in [-0.2, -0.15) is 0 Å². The van der Waals surface area contributed by atoms with E-state index in [-0.39, 0.29) is 24.7 Å². The molecule has 0 saturated heterocycles. The fourth-order valence-electron chi connectivity index (χ4n) is 2.03. The highest BCUT2D eigenvalue weighted by atomic mass is 16.5. The van der Waals surface area contributed by atoms with Crippen LogP contribution in [0.5, 0.6) is 5.75 Å². The Morgan fingerprint density at radius 1 is 1.08 bits per heavy atom. The van der Waals surface area contributed by atoms with Crippen LogP contribution in [0, 0.1) is 0 Å². The summed E-state index contributed by atoms with van der Waals surface area (Å²) in [6.07, 6.45) is 2.66. The summed E-state index contributed by atoms with van der Waals surface area (Å²) < 4.78 is 15.7. The van der Waals surface area contributed by atoms with Crippen LogP contribution in [-0.2, 0) is 13.2 Å². The number of amides is 1. The van der Waals surface area contributed by atoms with Crippen LogP contribution < -0.4 is 15.5 Å². The second-order valence-electron chi connectivity index (χ2n) is 5.01. The molecule has 0 atom stereocenters. The van der Waals surface area contributed by atoms with Gasteiger partial charge in [0, 0.05) is 6.07 Å². The third-order valence-electron chi connectivity index (χ3n) is 3.26. The minimum absolute atomic E-state index is 0.0569. The van der Waals surface area contributed by atoms with Gasteiger partial charge in [0.2, 0.25) is 11.2 Å². The lowest BCUT2D eigenvalue weighted by Gasteiger charge is -2.06. The van der Waals surface area contributed by atoms with Crippen molar-refractivity contribution in [3.05, 3.63) is 88.4 Å². The van der Waals surface area contributed by atoms with Gasteiger partial charge in [0.05, 0.1) is 12.8 Å². The van der Waals surface area contributed by atoms with E-state index in [0.29, 0.717) is 5.76 Å². The molecule has 3 rings (SSSR count). The monoisotopic (exact) mass is 325 g/mol. The summed E-state index contributed by atoms with van der Waals surface area (Å²) in [5, 5.41) is 2.60. The van der Waals surface area contributed by atoms with Gasteiger partial charge >= 0.3 is 0 Å². The van der Waals surface area contributed by atoms with E-state index in [9.17, 15) is 9.59 Å². The zero-order valence-electron chi connectivity index (χ0n) is 12.7. The van der Waals surface area contributed by atoms with Crippen LogP contribution in [0.1, 0.15) is 21.9 Å². The number of hydrogen-bond donors (Lipinski definition) is 1. The number of rotatable bonds is 6. The van der Waals surface area contributed by atoms with Crippen molar-refractivity contribution in [1.29, 1.82) is 0 Å². The summed E-state index contributed by atoms with van der Waals surface area (Å²) in [5.41, 5.74) is 0.512. The minimum Gasteiger partial charge on any atom is -0.482 e. The van der Waals surface area contributed by atoms with E-state index in [1.54, 1.807) is 12.1 Å². The fourth-order valence-corrected chi connectivity index (χ4v) is 2.03. The first-order valence-corrected chi connectivity index (χ1v) is 7.32. The van der Waals surface area contributed by atoms with Crippen LogP contribution in [0.2, 0.25) is 0 Å². The van der Waals surface area contributed by atoms with Crippen LogP contribution in [0.15, 0.2) is 74.7 Å². The van der Waals surface area contributed by atoms with Crippen molar-refractivity contribution >= 4 is 5.91 Å². The maximum absolute atomic E-state index is 12.0. The van der Waals surface area contributed by atoms with Gasteiger partial charge in [0.25, 0.3) is 5.91 Å². The SMILES string of the molecule is O=C(NCc1ccco1)c1cc(=O)c(OCc2ccccc2)co1. The van der Waals surface area contributed by atoms with E-state index in [4.69, 9.17) is 13.6 Å². The van der Waals surface area contributed by atoms with Gasteiger partial charge in [-0.25, -0.2) is 0 Å². The van der Waals surface area contributed by atoms with Crippen molar-refractivity contribution in [2.45, 2.75) is 13.2 Å². The molecule has 0 fully saturated rings. The van der Waals surface area contributed by atoms with Gasteiger partial charge in [0.15, 0.2) is 5.76 Å². The number of ether oxygens (including phenoxy) is 1. The van der Waals surface area contributed by atoms with E-state index >= 15 is 0 Å². The molecule has 0 spiro atoms. The Labute approximate surface area is 137 Å². The number of carbonyl (C=O) groups excluding carboxylic acids is 1. The highest BCUT2D eigenvalue weighted by Crippen LogP contribution is 2.09. The second-order valence-corrected chi connectivity index (χ2v) is 5.01. The lowest BCUT2D eigenvalue weighted by atomic mass is 10.2. The van der Waals surface area contributed by atoms with E-state index in [2.05, 4.69) is 5.32 Å². The summed E-state index contributed by atoms with van der Waals surface area (Å²) in [6.45, 7) is 0.456. The zero-order chi connectivity index (χ0) is 16.8. The van der Waals surface area contributed by atoms with Crippen molar-refractivity contribution in [3.8, 4) is 5.75 Å². The van der Waals surface area contributed by atoms with Crippen molar-refractivity contribution < 1.29 is 18.4 Å². The molecule has 1 amide bonds. The minimum atomic E-state index is -0.502. The molecule has 0 bridgehead atoms. The van der Waals surface area contributed by atoms with E-state index in [1.807, 2.05) is 30.3 Å². The zero-order valence-corrected chi connectivity index (χ0v) is 12.7. The summed E-state index contributed by atoms with van der Waals surface area (Å²) in [6, 6.07) is 14.0. The molecule has 0 aliphatic rings. The van der Waals surface area contributed by atoms with Crippen molar-refractivity contribution in [2.75, 3.05) is 0 Å². The molecule has 0 aliphatic carbocycles. The molecular weight excluding hydrogens is 310 g/mol. The van der Waals surface area contributed by atoms with Gasteiger partial charge < -0.3 is 18.9 Å². The molecule has 6 heteroatoms. The molecule has 3 aromatic rings. The van der Waals surface area contributed by atoms with Crippen LogP contribution in [-0.4, -0.2) is 5.91 Å². The van der Waals surface area contributed by atoms with Crippen molar-refractivity contribution in [2.24, 2.45) is 0 Å². The molecule has 122 valence electrons. The number of hydrogen-bond acceptors (Lipinski definition) is 5. The molecule has 6 nitrogen and oxygen atoms in total. The third-order valence-corrected chi connectivity index (χ3v) is 3.26. The molecule has 0 unspecified atom stereocenters. The third kappa shape index (κ3) is 3.92. The lowest BCUT2D eigenvalue weighted by molar-refractivity contribution is 0.0916. The molecule has 1 N–H and O–H groups in total. The molecule has 0 saturated carbocycles. The Hall–Kier alpha value is -3.28. The van der Waals surface area contributed by atoms with Gasteiger partial charge in [-0.15, -0.1) is 0 Å². The Morgan fingerprint density at radius 3 is 2.62 bits per heavy atom. The van der Waals surface area contributed by atoms with Gasteiger partial charge in [-0.1, -0.05) is 30.3 Å². The normalized spacial score (nSPS) is 10.3. The summed E-state index contributed by atoms with van der Waals surface area (Å²) in [4.78, 5) is 24.0. The van der Waals surface area contributed by atoms with Crippen LogP contribution in [0.25, 0.3) is 0 Å². The second kappa shape index (κ2) is 7.32. The largest absolute Gasteiger partial charge is 0.482 e. The fraction of sp³-hybridized carbons (Fsp3) is 0.111. The first-order chi connectivity index (χ1) is 11.7. The predicted octanol–water partition coefficient (Wildman–Crippen LogP) is 2.74. The maximum atomic E-state index is 12.0. The highest BCUT2D eigenvalue weighted by molar-refractivity contribution is 5.91. The maximum Gasteiger partial charge on any atom is 0.287 e. The van der Waals surface area contributed by atoms with Crippen LogP contribution in [0.4, 0.5) is 0 Å². The summed E-state index contributed by atoms with van der Waals surface area (Å²) in [5.74, 6) is 0.0756. The molecule has 0 aliphatic heterocycles. The Morgan fingerprint density at radius 2 is 1.92 bits per heavy atom. The average molecular weight is 325 g/mol. The molecule has 2 aromatic heterocycles. The van der Waals surface area contributed by atoms with E-state index < -0.39 is 11.3 Å². The Balaban J connectivity index is 1.61. The molecule has 2 heterocycles.